The van der Waals surface area contributed by atoms with Gasteiger partial charge < -0.3 is 20.3 Å². The molecule has 1 unspecified atom stereocenters. The van der Waals surface area contributed by atoms with Crippen LogP contribution in [0.5, 0.6) is 11.5 Å². The molecule has 0 amide bonds. The van der Waals surface area contributed by atoms with Gasteiger partial charge in [-0.05, 0) is 62.5 Å². The van der Waals surface area contributed by atoms with Gasteiger partial charge in [0.2, 0.25) is 0 Å². The predicted molar refractivity (Wildman–Crippen MR) is 114 cm³/mol. The molecular weight excluding hydrogens is 338 g/mol. The van der Waals surface area contributed by atoms with E-state index in [4.69, 9.17) is 15.2 Å². The van der Waals surface area contributed by atoms with E-state index in [0.717, 1.165) is 48.7 Å². The van der Waals surface area contributed by atoms with Gasteiger partial charge in [0.15, 0.2) is 0 Å². The fourth-order valence-electron chi connectivity index (χ4n) is 3.55. The lowest BCUT2D eigenvalue weighted by Crippen LogP contribution is -2.45. The van der Waals surface area contributed by atoms with Crippen molar-refractivity contribution in [3.05, 3.63) is 23.8 Å². The molecule has 0 heterocycles. The number of aliphatic hydroxyl groups excluding tert-OH is 1. The lowest BCUT2D eigenvalue weighted by Gasteiger charge is -2.29. The number of nitrogens with two attached hydrogens (primary N) is 1. The monoisotopic (exact) mass is 379 g/mol. The standard InChI is InChI=1S/C23H41NO3/c1-17(2)8-7-9-19(5)27-21-11-10-20(22(14-21)26-6)12-13-23(24,16-25)15-18(3)4/h10-11,14,17-19,25H,7-9,12-13,15-16,24H2,1-6H3/t19-,23?/m0/s1. The average molecular weight is 380 g/mol. The van der Waals surface area contributed by atoms with Gasteiger partial charge in [-0.2, -0.15) is 0 Å². The van der Waals surface area contributed by atoms with Crippen LogP contribution in [-0.4, -0.2) is 30.5 Å². The van der Waals surface area contributed by atoms with Gasteiger partial charge in [0, 0.05) is 11.6 Å². The summed E-state index contributed by atoms with van der Waals surface area (Å²) in [7, 11) is 1.69. The Bertz CT molecular complexity index is 544. The summed E-state index contributed by atoms with van der Waals surface area (Å²) in [6.07, 6.45) is 5.98. The third-order valence-electron chi connectivity index (χ3n) is 5.01. The molecule has 0 aliphatic rings. The van der Waals surface area contributed by atoms with Gasteiger partial charge in [-0.25, -0.2) is 0 Å². The highest BCUT2D eigenvalue weighted by molar-refractivity contribution is 5.41. The van der Waals surface area contributed by atoms with E-state index in [0.29, 0.717) is 5.92 Å². The Morgan fingerprint density at radius 3 is 2.33 bits per heavy atom. The number of methoxy groups -OCH3 is 1. The molecule has 1 aromatic rings. The molecule has 4 nitrogen and oxygen atoms in total. The Balaban J connectivity index is 2.68. The molecule has 0 saturated heterocycles. The number of rotatable bonds is 13. The second-order valence-corrected chi connectivity index (χ2v) is 8.85. The van der Waals surface area contributed by atoms with E-state index in [-0.39, 0.29) is 12.7 Å². The summed E-state index contributed by atoms with van der Waals surface area (Å²) in [5.74, 6) is 2.86. The molecular formula is C23H41NO3. The van der Waals surface area contributed by atoms with E-state index < -0.39 is 5.54 Å². The molecule has 4 heteroatoms. The van der Waals surface area contributed by atoms with Crippen LogP contribution in [0.25, 0.3) is 0 Å². The van der Waals surface area contributed by atoms with Crippen LogP contribution >= 0.6 is 0 Å². The zero-order valence-electron chi connectivity index (χ0n) is 18.3. The highest BCUT2D eigenvalue weighted by atomic mass is 16.5. The molecule has 0 radical (unpaired) electrons. The van der Waals surface area contributed by atoms with Crippen molar-refractivity contribution in [2.45, 2.75) is 84.8 Å². The van der Waals surface area contributed by atoms with Crippen LogP contribution in [0.15, 0.2) is 18.2 Å². The molecule has 0 saturated carbocycles. The Hall–Kier alpha value is -1.26. The summed E-state index contributed by atoms with van der Waals surface area (Å²) in [6, 6.07) is 6.03. The predicted octanol–water partition coefficient (Wildman–Crippen LogP) is 4.96. The van der Waals surface area contributed by atoms with Gasteiger partial charge in [0.25, 0.3) is 0 Å². The lowest BCUT2D eigenvalue weighted by molar-refractivity contribution is 0.165. The molecule has 156 valence electrons. The van der Waals surface area contributed by atoms with Crippen LogP contribution in [0.3, 0.4) is 0 Å². The van der Waals surface area contributed by atoms with Crippen LogP contribution in [0.2, 0.25) is 0 Å². The second kappa shape index (κ2) is 11.6. The Morgan fingerprint density at radius 1 is 1.07 bits per heavy atom. The second-order valence-electron chi connectivity index (χ2n) is 8.85. The zero-order chi connectivity index (χ0) is 20.4. The molecule has 0 aliphatic heterocycles. The van der Waals surface area contributed by atoms with Crippen molar-refractivity contribution >= 4 is 0 Å². The highest BCUT2D eigenvalue weighted by Crippen LogP contribution is 2.29. The van der Waals surface area contributed by atoms with Crippen LogP contribution in [0.1, 0.15) is 72.3 Å². The summed E-state index contributed by atoms with van der Waals surface area (Å²) in [4.78, 5) is 0. The number of aliphatic hydroxyl groups is 1. The Labute approximate surface area is 166 Å². The molecule has 2 atom stereocenters. The van der Waals surface area contributed by atoms with Crippen molar-refractivity contribution in [2.24, 2.45) is 17.6 Å². The van der Waals surface area contributed by atoms with Gasteiger partial charge >= 0.3 is 0 Å². The zero-order valence-corrected chi connectivity index (χ0v) is 18.3. The molecule has 0 bridgehead atoms. The highest BCUT2D eigenvalue weighted by Gasteiger charge is 2.25. The first-order chi connectivity index (χ1) is 12.7. The van der Waals surface area contributed by atoms with E-state index >= 15 is 0 Å². The maximum Gasteiger partial charge on any atom is 0.125 e. The third kappa shape index (κ3) is 8.98. The molecule has 1 aromatic carbocycles. The fourth-order valence-corrected chi connectivity index (χ4v) is 3.55. The van der Waals surface area contributed by atoms with Crippen molar-refractivity contribution in [1.82, 2.24) is 0 Å². The largest absolute Gasteiger partial charge is 0.496 e. The first-order valence-corrected chi connectivity index (χ1v) is 10.4. The molecule has 27 heavy (non-hydrogen) atoms. The minimum Gasteiger partial charge on any atom is -0.496 e. The van der Waals surface area contributed by atoms with Gasteiger partial charge in [-0.3, -0.25) is 0 Å². The first kappa shape index (κ1) is 23.8. The van der Waals surface area contributed by atoms with Crippen molar-refractivity contribution in [3.63, 3.8) is 0 Å². The summed E-state index contributed by atoms with van der Waals surface area (Å²) in [5, 5.41) is 9.71. The number of hydrogen-bond donors (Lipinski definition) is 2. The van der Waals surface area contributed by atoms with Gasteiger partial charge in [0.05, 0.1) is 19.8 Å². The smallest absolute Gasteiger partial charge is 0.125 e. The maximum atomic E-state index is 9.71. The SMILES string of the molecule is COc1cc(O[C@@H](C)CCCC(C)C)ccc1CCC(N)(CO)CC(C)C. The first-order valence-electron chi connectivity index (χ1n) is 10.4. The van der Waals surface area contributed by atoms with Crippen molar-refractivity contribution in [3.8, 4) is 11.5 Å². The molecule has 0 aromatic heterocycles. The Morgan fingerprint density at radius 2 is 1.78 bits per heavy atom. The number of ether oxygens (including phenoxy) is 2. The minimum absolute atomic E-state index is 0.00256. The van der Waals surface area contributed by atoms with Crippen LogP contribution in [-0.2, 0) is 6.42 Å². The summed E-state index contributed by atoms with van der Waals surface area (Å²) < 4.78 is 11.6. The fraction of sp³-hybridized carbons (Fsp3) is 0.739. The van der Waals surface area contributed by atoms with Crippen LogP contribution < -0.4 is 15.2 Å². The summed E-state index contributed by atoms with van der Waals surface area (Å²) in [5.41, 5.74) is 6.94. The topological polar surface area (TPSA) is 64.7 Å². The van der Waals surface area contributed by atoms with E-state index in [2.05, 4.69) is 40.7 Å². The van der Waals surface area contributed by atoms with E-state index in [9.17, 15) is 5.11 Å². The van der Waals surface area contributed by atoms with Crippen LogP contribution in [0, 0.1) is 11.8 Å². The average Bonchev–Trinajstić information content (AvgIpc) is 2.59. The molecule has 0 aliphatic carbocycles. The van der Waals surface area contributed by atoms with Gasteiger partial charge in [0.1, 0.15) is 11.5 Å². The number of hydrogen-bond acceptors (Lipinski definition) is 4. The number of aryl methyl sites for hydroxylation is 1. The minimum atomic E-state index is -0.542. The quantitative estimate of drug-likeness (QED) is 0.508. The molecule has 1 rings (SSSR count). The summed E-state index contributed by atoms with van der Waals surface area (Å²) >= 11 is 0. The molecule has 0 spiro atoms. The van der Waals surface area contributed by atoms with Crippen LogP contribution in [0.4, 0.5) is 0 Å². The molecule has 0 fully saturated rings. The van der Waals surface area contributed by atoms with Gasteiger partial charge in [-0.1, -0.05) is 40.2 Å². The van der Waals surface area contributed by atoms with Crippen molar-refractivity contribution in [1.29, 1.82) is 0 Å². The van der Waals surface area contributed by atoms with Gasteiger partial charge in [-0.15, -0.1) is 0 Å². The third-order valence-corrected chi connectivity index (χ3v) is 5.01. The van der Waals surface area contributed by atoms with E-state index in [1.807, 2.05) is 12.1 Å². The summed E-state index contributed by atoms with van der Waals surface area (Å²) in [6.45, 7) is 10.9. The van der Waals surface area contributed by atoms with E-state index in [1.165, 1.54) is 12.8 Å². The number of benzene rings is 1. The normalized spacial score (nSPS) is 15.0. The maximum absolute atomic E-state index is 9.71. The van der Waals surface area contributed by atoms with Crippen molar-refractivity contribution < 1.29 is 14.6 Å². The van der Waals surface area contributed by atoms with Crippen molar-refractivity contribution in [2.75, 3.05) is 13.7 Å². The van der Waals surface area contributed by atoms with E-state index in [1.54, 1.807) is 7.11 Å². The Kier molecular flexibility index (Phi) is 10.2. The lowest BCUT2D eigenvalue weighted by atomic mass is 9.85. The molecule has 3 N–H and O–H groups in total.